The molecule has 15 heavy (non-hydrogen) atoms. The Balaban J connectivity index is 3.11. The molecule has 0 saturated carbocycles. The first-order valence-electron chi connectivity index (χ1n) is 3.83. The van der Waals surface area contributed by atoms with Gasteiger partial charge in [0, 0.05) is 11.4 Å². The molecule has 0 aliphatic heterocycles. The van der Waals surface area contributed by atoms with Crippen molar-refractivity contribution < 1.29 is 19.4 Å². The first-order chi connectivity index (χ1) is 6.93. The van der Waals surface area contributed by atoms with E-state index in [4.69, 9.17) is 0 Å². The summed E-state index contributed by atoms with van der Waals surface area (Å²) in [4.78, 5) is 21.8. The monoisotopic (exact) mass is 336 g/mol. The zero-order valence-electron chi connectivity index (χ0n) is 7.58. The summed E-state index contributed by atoms with van der Waals surface area (Å²) in [5.41, 5.74) is -0.0692. The molecule has 80 valence electrons. The van der Waals surface area contributed by atoms with Crippen LogP contribution in [0.15, 0.2) is 21.1 Å². The number of rotatable bonds is 1. The fourth-order valence-electron chi connectivity index (χ4n) is 0.890. The summed E-state index contributed by atoms with van der Waals surface area (Å²) in [5, 5.41) is 9.57. The summed E-state index contributed by atoms with van der Waals surface area (Å²) < 4.78 is 5.27. The third-order valence-corrected chi connectivity index (χ3v) is 3.52. The lowest BCUT2D eigenvalue weighted by Crippen LogP contribution is -2.09. The Hall–Kier alpha value is -0.880. The molecule has 6 heteroatoms. The van der Waals surface area contributed by atoms with Gasteiger partial charge in [-0.05, 0) is 44.0 Å². The molecule has 0 aromatic heterocycles. The van der Waals surface area contributed by atoms with Gasteiger partial charge in [-0.25, -0.2) is 4.79 Å². The van der Waals surface area contributed by atoms with E-state index in [-0.39, 0.29) is 11.3 Å². The molecular formula is C9H6Br2O4. The van der Waals surface area contributed by atoms with Crippen LogP contribution in [0, 0.1) is 0 Å². The number of esters is 2. The average molecular weight is 338 g/mol. The number of halogens is 2. The molecule has 0 bridgehead atoms. The SMILES string of the molecule is CC(=O)OC(=O)c1ccc(Br)c(Br)c1O. The van der Waals surface area contributed by atoms with Gasteiger partial charge in [0.25, 0.3) is 0 Å². The third-order valence-electron chi connectivity index (χ3n) is 1.53. The number of phenols is 1. The van der Waals surface area contributed by atoms with Crippen molar-refractivity contribution in [1.29, 1.82) is 0 Å². The Labute approximate surface area is 102 Å². The van der Waals surface area contributed by atoms with Crippen LogP contribution < -0.4 is 0 Å². The first kappa shape index (κ1) is 12.2. The number of benzene rings is 1. The molecule has 0 saturated heterocycles. The highest BCUT2D eigenvalue weighted by atomic mass is 79.9. The molecule has 0 fully saturated rings. The zero-order valence-corrected chi connectivity index (χ0v) is 10.8. The number of hydrogen-bond donors (Lipinski definition) is 1. The quantitative estimate of drug-likeness (QED) is 0.632. The Bertz CT molecular complexity index is 428. The molecule has 1 aromatic rings. The van der Waals surface area contributed by atoms with Gasteiger partial charge in [0.15, 0.2) is 0 Å². The molecule has 1 rings (SSSR count). The van der Waals surface area contributed by atoms with Gasteiger partial charge in [-0.15, -0.1) is 0 Å². The van der Waals surface area contributed by atoms with E-state index >= 15 is 0 Å². The Morgan fingerprint density at radius 2 is 1.93 bits per heavy atom. The minimum atomic E-state index is -0.881. The molecule has 0 unspecified atom stereocenters. The van der Waals surface area contributed by atoms with Gasteiger partial charge >= 0.3 is 11.9 Å². The topological polar surface area (TPSA) is 63.6 Å². The maximum absolute atomic E-state index is 11.3. The molecule has 0 aliphatic carbocycles. The molecule has 0 spiro atoms. The lowest BCUT2D eigenvalue weighted by atomic mass is 10.2. The smallest absolute Gasteiger partial charge is 0.349 e. The number of hydrogen-bond acceptors (Lipinski definition) is 4. The van der Waals surface area contributed by atoms with Gasteiger partial charge in [-0.3, -0.25) is 4.79 Å². The van der Waals surface area contributed by atoms with Crippen molar-refractivity contribution in [2.24, 2.45) is 0 Å². The fourth-order valence-corrected chi connectivity index (χ4v) is 1.56. The van der Waals surface area contributed by atoms with Crippen molar-refractivity contribution >= 4 is 43.8 Å². The molecule has 0 radical (unpaired) electrons. The van der Waals surface area contributed by atoms with Crippen LogP contribution in [0.25, 0.3) is 0 Å². The predicted octanol–water partition coefficient (Wildman–Crippen LogP) is 2.62. The van der Waals surface area contributed by atoms with E-state index in [0.717, 1.165) is 6.92 Å². The van der Waals surface area contributed by atoms with Crippen molar-refractivity contribution in [2.45, 2.75) is 6.92 Å². The molecule has 1 N–H and O–H groups in total. The van der Waals surface area contributed by atoms with Crippen molar-refractivity contribution in [3.05, 3.63) is 26.6 Å². The number of aromatic hydroxyl groups is 1. The average Bonchev–Trinajstić information content (AvgIpc) is 2.13. The summed E-state index contributed by atoms with van der Waals surface area (Å²) in [7, 11) is 0. The largest absolute Gasteiger partial charge is 0.506 e. The maximum atomic E-state index is 11.3. The highest BCUT2D eigenvalue weighted by Crippen LogP contribution is 2.34. The molecule has 0 aliphatic rings. The molecule has 4 nitrogen and oxygen atoms in total. The van der Waals surface area contributed by atoms with Crippen LogP contribution in [0.5, 0.6) is 5.75 Å². The van der Waals surface area contributed by atoms with Crippen LogP contribution >= 0.6 is 31.9 Å². The van der Waals surface area contributed by atoms with Crippen LogP contribution in [0.1, 0.15) is 17.3 Å². The fraction of sp³-hybridized carbons (Fsp3) is 0.111. The predicted molar refractivity (Wildman–Crippen MR) is 59.6 cm³/mol. The van der Waals surface area contributed by atoms with E-state index in [1.807, 2.05) is 0 Å². The molecule has 0 heterocycles. The second kappa shape index (κ2) is 4.76. The van der Waals surface area contributed by atoms with Crippen molar-refractivity contribution in [3.63, 3.8) is 0 Å². The van der Waals surface area contributed by atoms with Gasteiger partial charge < -0.3 is 9.84 Å². The lowest BCUT2D eigenvalue weighted by Gasteiger charge is -2.05. The van der Waals surface area contributed by atoms with Gasteiger partial charge in [-0.1, -0.05) is 0 Å². The highest BCUT2D eigenvalue weighted by Gasteiger charge is 2.17. The summed E-state index contributed by atoms with van der Waals surface area (Å²) in [6.45, 7) is 1.11. The van der Waals surface area contributed by atoms with E-state index in [2.05, 4.69) is 36.6 Å². The summed E-state index contributed by atoms with van der Waals surface area (Å²) in [6, 6.07) is 2.91. The number of ether oxygens (including phenoxy) is 1. The maximum Gasteiger partial charge on any atom is 0.349 e. The summed E-state index contributed by atoms with van der Waals surface area (Å²) in [5.74, 6) is -1.87. The van der Waals surface area contributed by atoms with Crippen LogP contribution in [0.2, 0.25) is 0 Å². The van der Waals surface area contributed by atoms with Crippen molar-refractivity contribution in [3.8, 4) is 5.75 Å². The van der Waals surface area contributed by atoms with Gasteiger partial charge in [0.05, 0.1) is 4.47 Å². The van der Waals surface area contributed by atoms with E-state index < -0.39 is 11.9 Å². The van der Waals surface area contributed by atoms with Gasteiger partial charge in [0.1, 0.15) is 11.3 Å². The first-order valence-corrected chi connectivity index (χ1v) is 5.41. The Morgan fingerprint density at radius 3 is 2.47 bits per heavy atom. The molecule has 1 aromatic carbocycles. The number of carbonyl (C=O) groups is 2. The van der Waals surface area contributed by atoms with Crippen LogP contribution in [-0.2, 0) is 9.53 Å². The lowest BCUT2D eigenvalue weighted by molar-refractivity contribution is -0.135. The Kier molecular flexibility index (Phi) is 3.87. The summed E-state index contributed by atoms with van der Waals surface area (Å²) >= 11 is 6.23. The second-order valence-electron chi connectivity index (χ2n) is 2.64. The number of carbonyl (C=O) groups excluding carboxylic acids is 2. The third kappa shape index (κ3) is 2.79. The Morgan fingerprint density at radius 1 is 1.33 bits per heavy atom. The summed E-state index contributed by atoms with van der Waals surface area (Å²) in [6.07, 6.45) is 0. The van der Waals surface area contributed by atoms with Gasteiger partial charge in [0.2, 0.25) is 0 Å². The van der Waals surface area contributed by atoms with E-state index in [0.29, 0.717) is 8.95 Å². The second-order valence-corrected chi connectivity index (χ2v) is 4.29. The van der Waals surface area contributed by atoms with Crippen LogP contribution in [0.3, 0.4) is 0 Å². The minimum absolute atomic E-state index is 0.0692. The standard InChI is InChI=1S/C9H6Br2O4/c1-4(12)15-9(14)5-2-3-6(10)7(11)8(5)13/h2-3,13H,1H3. The van der Waals surface area contributed by atoms with Crippen molar-refractivity contribution in [1.82, 2.24) is 0 Å². The zero-order chi connectivity index (χ0) is 11.6. The van der Waals surface area contributed by atoms with Crippen LogP contribution in [-0.4, -0.2) is 17.0 Å². The van der Waals surface area contributed by atoms with Crippen LogP contribution in [0.4, 0.5) is 0 Å². The van der Waals surface area contributed by atoms with E-state index in [1.165, 1.54) is 6.07 Å². The van der Waals surface area contributed by atoms with Crippen molar-refractivity contribution in [2.75, 3.05) is 0 Å². The highest BCUT2D eigenvalue weighted by molar-refractivity contribution is 9.13. The molecular weight excluding hydrogens is 332 g/mol. The molecule has 0 amide bonds. The van der Waals surface area contributed by atoms with Gasteiger partial charge in [-0.2, -0.15) is 0 Å². The molecule has 0 atom stereocenters. The normalized spacial score (nSPS) is 9.80. The van der Waals surface area contributed by atoms with E-state index in [1.54, 1.807) is 6.07 Å². The minimum Gasteiger partial charge on any atom is -0.506 e. The van der Waals surface area contributed by atoms with E-state index in [9.17, 15) is 14.7 Å². The number of phenolic OH excluding ortho intramolecular Hbond substituents is 1.